The van der Waals surface area contributed by atoms with Crippen LogP contribution >= 0.6 is 11.8 Å². The Morgan fingerprint density at radius 3 is 2.47 bits per heavy atom. The van der Waals surface area contributed by atoms with Crippen molar-refractivity contribution in [2.75, 3.05) is 37.4 Å². The summed E-state index contributed by atoms with van der Waals surface area (Å²) in [4.78, 5) is 12.8. The first-order chi connectivity index (χ1) is 16.5. The molecule has 0 aliphatic carbocycles. The minimum Gasteiger partial charge on any atom is -0.493 e. The number of benzene rings is 2. The van der Waals surface area contributed by atoms with Gasteiger partial charge in [0.2, 0.25) is 5.91 Å². The van der Waals surface area contributed by atoms with E-state index in [-0.39, 0.29) is 11.4 Å². The number of methoxy groups -OCH3 is 2. The van der Waals surface area contributed by atoms with Gasteiger partial charge in [-0.2, -0.15) is 11.8 Å². The van der Waals surface area contributed by atoms with Crippen LogP contribution in [0.15, 0.2) is 76.2 Å². The zero-order valence-electron chi connectivity index (χ0n) is 19.1. The third-order valence-corrected chi connectivity index (χ3v) is 7.74. The lowest BCUT2D eigenvalue weighted by molar-refractivity contribution is -0.119. The number of furan rings is 1. The van der Waals surface area contributed by atoms with Gasteiger partial charge in [0.25, 0.3) is 10.0 Å². The van der Waals surface area contributed by atoms with Crippen LogP contribution in [0.2, 0.25) is 0 Å². The first-order valence-electron chi connectivity index (χ1n) is 10.6. The van der Waals surface area contributed by atoms with Crippen molar-refractivity contribution in [2.24, 2.45) is 0 Å². The molecule has 0 aliphatic rings. The van der Waals surface area contributed by atoms with Crippen LogP contribution in [-0.4, -0.2) is 47.4 Å². The molecule has 3 rings (SSSR count). The van der Waals surface area contributed by atoms with Gasteiger partial charge in [0.1, 0.15) is 12.3 Å². The Morgan fingerprint density at radius 2 is 1.79 bits per heavy atom. The SMILES string of the molecule is COc1ccc(N(CC(=O)NCCCSCc2ccco2)S(=O)(=O)c2ccccc2)cc1OC. The molecule has 8 nitrogen and oxygen atoms in total. The molecule has 1 heterocycles. The van der Waals surface area contributed by atoms with Crippen molar-refractivity contribution in [3.05, 3.63) is 72.7 Å². The summed E-state index contributed by atoms with van der Waals surface area (Å²) in [5, 5.41) is 2.81. The number of anilines is 1. The van der Waals surface area contributed by atoms with E-state index in [1.807, 2.05) is 12.1 Å². The number of nitrogens with zero attached hydrogens (tertiary/aromatic N) is 1. The molecule has 1 N–H and O–H groups in total. The molecule has 182 valence electrons. The normalized spacial score (nSPS) is 11.1. The van der Waals surface area contributed by atoms with Crippen LogP contribution in [0.25, 0.3) is 0 Å². The molecule has 0 fully saturated rings. The summed E-state index contributed by atoms with van der Waals surface area (Å²) in [5.41, 5.74) is 0.297. The zero-order valence-corrected chi connectivity index (χ0v) is 20.7. The Morgan fingerprint density at radius 1 is 1.03 bits per heavy atom. The zero-order chi connectivity index (χ0) is 24.4. The highest BCUT2D eigenvalue weighted by Gasteiger charge is 2.28. The van der Waals surface area contributed by atoms with Crippen LogP contribution in [0.1, 0.15) is 12.2 Å². The Labute approximate surface area is 204 Å². The number of sulfonamides is 1. The molecule has 0 radical (unpaired) electrons. The van der Waals surface area contributed by atoms with Crippen molar-refractivity contribution in [2.45, 2.75) is 17.1 Å². The lowest BCUT2D eigenvalue weighted by atomic mass is 10.2. The number of amides is 1. The summed E-state index contributed by atoms with van der Waals surface area (Å²) < 4.78 is 43.8. The fourth-order valence-corrected chi connectivity index (χ4v) is 5.46. The lowest BCUT2D eigenvalue weighted by Crippen LogP contribution is -2.41. The molecule has 0 bridgehead atoms. The van der Waals surface area contributed by atoms with Crippen LogP contribution < -0.4 is 19.1 Å². The van der Waals surface area contributed by atoms with Gasteiger partial charge in [0.05, 0.1) is 36.8 Å². The van der Waals surface area contributed by atoms with E-state index in [0.29, 0.717) is 23.7 Å². The van der Waals surface area contributed by atoms with Crippen molar-refractivity contribution in [1.82, 2.24) is 5.32 Å². The van der Waals surface area contributed by atoms with Gasteiger partial charge in [-0.05, 0) is 48.6 Å². The average Bonchev–Trinajstić information content (AvgIpc) is 3.38. The highest BCUT2D eigenvalue weighted by atomic mass is 32.2. The van der Waals surface area contributed by atoms with E-state index >= 15 is 0 Å². The Kier molecular flexibility index (Phi) is 9.29. The number of hydrogen-bond acceptors (Lipinski definition) is 7. The van der Waals surface area contributed by atoms with E-state index in [9.17, 15) is 13.2 Å². The second-order valence-corrected chi connectivity index (χ2v) is 10.2. The number of hydrogen-bond donors (Lipinski definition) is 1. The predicted octanol–water partition coefficient (Wildman–Crippen LogP) is 3.93. The highest BCUT2D eigenvalue weighted by Crippen LogP contribution is 2.33. The van der Waals surface area contributed by atoms with Gasteiger partial charge in [-0.25, -0.2) is 8.42 Å². The molecule has 0 spiro atoms. The number of carbonyl (C=O) groups excluding carboxylic acids is 1. The number of rotatable bonds is 13. The first kappa shape index (κ1) is 25.5. The molecule has 3 aromatic rings. The average molecular weight is 505 g/mol. The monoisotopic (exact) mass is 504 g/mol. The molecule has 1 amide bonds. The van der Waals surface area contributed by atoms with Gasteiger partial charge in [0.15, 0.2) is 11.5 Å². The highest BCUT2D eigenvalue weighted by molar-refractivity contribution is 7.98. The maximum Gasteiger partial charge on any atom is 0.264 e. The van der Waals surface area contributed by atoms with Crippen molar-refractivity contribution in [3.8, 4) is 11.5 Å². The van der Waals surface area contributed by atoms with E-state index in [1.54, 1.807) is 48.4 Å². The summed E-state index contributed by atoms with van der Waals surface area (Å²) >= 11 is 1.71. The van der Waals surface area contributed by atoms with Crippen molar-refractivity contribution in [1.29, 1.82) is 0 Å². The minimum absolute atomic E-state index is 0.0897. The fraction of sp³-hybridized carbons (Fsp3) is 0.292. The van der Waals surface area contributed by atoms with Gasteiger partial charge in [-0.3, -0.25) is 9.10 Å². The second-order valence-electron chi connectivity index (χ2n) is 7.20. The summed E-state index contributed by atoms with van der Waals surface area (Å²) in [6, 6.07) is 16.5. The largest absolute Gasteiger partial charge is 0.493 e. The first-order valence-corrected chi connectivity index (χ1v) is 13.2. The summed E-state index contributed by atoms with van der Waals surface area (Å²) in [7, 11) is -1.03. The third-order valence-electron chi connectivity index (χ3n) is 4.89. The summed E-state index contributed by atoms with van der Waals surface area (Å²) in [6.45, 7) is 0.0708. The number of ether oxygens (including phenoxy) is 2. The van der Waals surface area contributed by atoms with Crippen LogP contribution in [0.3, 0.4) is 0 Å². The molecule has 1 aromatic heterocycles. The predicted molar refractivity (Wildman–Crippen MR) is 133 cm³/mol. The molecule has 0 saturated carbocycles. The molecule has 34 heavy (non-hydrogen) atoms. The second kappa shape index (κ2) is 12.4. The topological polar surface area (TPSA) is 98.1 Å². The summed E-state index contributed by atoms with van der Waals surface area (Å²) in [6.07, 6.45) is 2.39. The number of nitrogens with one attached hydrogen (secondary N) is 1. The maximum absolute atomic E-state index is 13.4. The molecule has 2 aromatic carbocycles. The minimum atomic E-state index is -4.00. The van der Waals surface area contributed by atoms with Crippen LogP contribution in [0, 0.1) is 0 Å². The van der Waals surface area contributed by atoms with E-state index in [1.165, 1.54) is 32.4 Å². The standard InChI is InChI=1S/C24H28N2O6S2/c1-30-22-12-11-19(16-23(22)31-2)26(34(28,29)21-9-4-3-5-10-21)17-24(27)25-13-7-15-33-18-20-8-6-14-32-20/h3-6,8-12,14,16H,7,13,15,17-18H2,1-2H3,(H,25,27). The van der Waals surface area contributed by atoms with E-state index in [4.69, 9.17) is 13.9 Å². The van der Waals surface area contributed by atoms with Gasteiger partial charge in [-0.1, -0.05) is 18.2 Å². The molecule has 0 aliphatic heterocycles. The van der Waals surface area contributed by atoms with Crippen molar-refractivity contribution >= 4 is 33.4 Å². The van der Waals surface area contributed by atoms with Gasteiger partial charge in [0, 0.05) is 12.6 Å². The summed E-state index contributed by atoms with van der Waals surface area (Å²) in [5.74, 6) is 2.93. The number of thioether (sulfide) groups is 1. The molecule has 0 atom stereocenters. The Bertz CT molecular complexity index is 1150. The van der Waals surface area contributed by atoms with Crippen molar-refractivity contribution in [3.63, 3.8) is 0 Å². The molecular weight excluding hydrogens is 476 g/mol. The number of carbonyl (C=O) groups is 1. The smallest absolute Gasteiger partial charge is 0.264 e. The molecular formula is C24H28N2O6S2. The molecule has 0 saturated heterocycles. The maximum atomic E-state index is 13.4. The lowest BCUT2D eigenvalue weighted by Gasteiger charge is -2.25. The molecule has 10 heteroatoms. The van der Waals surface area contributed by atoms with E-state index < -0.39 is 15.9 Å². The Hall–Kier alpha value is -3.11. The van der Waals surface area contributed by atoms with Crippen molar-refractivity contribution < 1.29 is 27.1 Å². The van der Waals surface area contributed by atoms with Crippen LogP contribution in [0.5, 0.6) is 11.5 Å². The third kappa shape index (κ3) is 6.71. The fourth-order valence-electron chi connectivity index (χ4n) is 3.17. The molecule has 0 unspecified atom stereocenters. The quantitative estimate of drug-likeness (QED) is 0.352. The Balaban J connectivity index is 1.68. The van der Waals surface area contributed by atoms with Gasteiger partial charge >= 0.3 is 0 Å². The van der Waals surface area contributed by atoms with E-state index in [2.05, 4.69) is 5.32 Å². The van der Waals surface area contributed by atoms with Crippen LogP contribution in [0.4, 0.5) is 5.69 Å². The van der Waals surface area contributed by atoms with E-state index in [0.717, 1.165) is 28.0 Å². The van der Waals surface area contributed by atoms with Gasteiger partial charge in [-0.15, -0.1) is 0 Å². The van der Waals surface area contributed by atoms with Gasteiger partial charge < -0.3 is 19.2 Å². The van der Waals surface area contributed by atoms with Crippen LogP contribution in [-0.2, 0) is 20.6 Å².